The van der Waals surface area contributed by atoms with Crippen LogP contribution < -0.4 is 5.32 Å². The lowest BCUT2D eigenvalue weighted by Crippen LogP contribution is -2.13. The van der Waals surface area contributed by atoms with Crippen molar-refractivity contribution in [1.29, 1.82) is 0 Å². The van der Waals surface area contributed by atoms with E-state index in [2.05, 4.69) is 10.1 Å². The molecule has 7 heteroatoms. The molecule has 132 valence electrons. The lowest BCUT2D eigenvalue weighted by molar-refractivity contribution is 0.0600. The zero-order chi connectivity index (χ0) is 18.8. The summed E-state index contributed by atoms with van der Waals surface area (Å²) in [4.78, 5) is 36.2. The molecule has 1 aromatic heterocycles. The minimum Gasteiger partial charge on any atom is -0.465 e. The first kappa shape index (κ1) is 17.7. The Morgan fingerprint density at radius 1 is 1.12 bits per heavy atom. The molecule has 0 aliphatic carbocycles. The fourth-order valence-corrected chi connectivity index (χ4v) is 2.84. The van der Waals surface area contributed by atoms with Crippen molar-refractivity contribution in [3.63, 3.8) is 0 Å². The van der Waals surface area contributed by atoms with Crippen molar-refractivity contribution in [1.82, 2.24) is 4.57 Å². The summed E-state index contributed by atoms with van der Waals surface area (Å²) in [6, 6.07) is 11.5. The normalized spacial score (nSPS) is 10.6. The number of hydrogen-bond acceptors (Lipinski definition) is 4. The highest BCUT2D eigenvalue weighted by atomic mass is 35.5. The first-order valence-corrected chi connectivity index (χ1v) is 8.10. The van der Waals surface area contributed by atoms with Crippen LogP contribution in [-0.4, -0.2) is 29.5 Å². The van der Waals surface area contributed by atoms with E-state index in [0.717, 1.165) is 0 Å². The van der Waals surface area contributed by atoms with Gasteiger partial charge in [0.2, 0.25) is 5.91 Å². The molecule has 0 unspecified atom stereocenters. The Morgan fingerprint density at radius 3 is 2.54 bits per heavy atom. The summed E-state index contributed by atoms with van der Waals surface area (Å²) < 4.78 is 6.09. The van der Waals surface area contributed by atoms with Crippen LogP contribution in [0.4, 0.5) is 5.69 Å². The molecule has 0 aliphatic heterocycles. The van der Waals surface area contributed by atoms with Crippen LogP contribution in [0.25, 0.3) is 10.9 Å². The van der Waals surface area contributed by atoms with Crippen molar-refractivity contribution in [2.75, 3.05) is 12.4 Å². The average molecular weight is 371 g/mol. The Bertz CT molecular complexity index is 1040. The topological polar surface area (TPSA) is 77.4 Å². The number of amides is 1. The van der Waals surface area contributed by atoms with Crippen molar-refractivity contribution >= 4 is 46.0 Å². The summed E-state index contributed by atoms with van der Waals surface area (Å²) in [6.45, 7) is 1.42. The minimum absolute atomic E-state index is 0.203. The van der Waals surface area contributed by atoms with E-state index in [1.807, 2.05) is 0 Å². The summed E-state index contributed by atoms with van der Waals surface area (Å²) in [5.41, 5.74) is 1.51. The number of methoxy groups -OCH3 is 1. The minimum atomic E-state index is -0.537. The fraction of sp³-hybridized carbons (Fsp3) is 0.105. The number of para-hydroxylation sites is 1. The van der Waals surface area contributed by atoms with Crippen molar-refractivity contribution in [2.24, 2.45) is 0 Å². The lowest BCUT2D eigenvalue weighted by Gasteiger charge is -2.08. The van der Waals surface area contributed by atoms with Crippen molar-refractivity contribution in [3.05, 3.63) is 64.8 Å². The molecule has 1 amide bonds. The second-order valence-corrected chi connectivity index (χ2v) is 6.00. The molecule has 3 aromatic rings. The van der Waals surface area contributed by atoms with E-state index in [4.69, 9.17) is 11.6 Å². The smallest absolute Gasteiger partial charge is 0.337 e. The molecule has 0 fully saturated rings. The van der Waals surface area contributed by atoms with Gasteiger partial charge in [-0.05, 0) is 24.3 Å². The molecule has 0 saturated carbocycles. The number of carbonyl (C=O) groups is 3. The van der Waals surface area contributed by atoms with Gasteiger partial charge in [-0.15, -0.1) is 0 Å². The Labute approximate surface area is 154 Å². The van der Waals surface area contributed by atoms with Crippen LogP contribution in [0.2, 0.25) is 5.02 Å². The molecule has 0 bridgehead atoms. The molecule has 1 heterocycles. The van der Waals surface area contributed by atoms with Crippen LogP contribution in [0.1, 0.15) is 32.4 Å². The number of anilines is 1. The van der Waals surface area contributed by atoms with Gasteiger partial charge in [-0.1, -0.05) is 29.8 Å². The summed E-state index contributed by atoms with van der Waals surface area (Å²) in [5, 5.41) is 3.61. The van der Waals surface area contributed by atoms with Gasteiger partial charge in [-0.3, -0.25) is 14.2 Å². The summed E-state index contributed by atoms with van der Waals surface area (Å²) in [7, 11) is 1.27. The van der Waals surface area contributed by atoms with E-state index in [-0.39, 0.29) is 22.2 Å². The van der Waals surface area contributed by atoms with E-state index in [1.165, 1.54) is 43.0 Å². The first-order valence-electron chi connectivity index (χ1n) is 7.72. The van der Waals surface area contributed by atoms with Crippen LogP contribution in [0.15, 0.2) is 48.7 Å². The third kappa shape index (κ3) is 3.19. The van der Waals surface area contributed by atoms with Crippen LogP contribution in [0.3, 0.4) is 0 Å². The second kappa shape index (κ2) is 7.01. The fourth-order valence-electron chi connectivity index (χ4n) is 2.68. The number of nitrogens with one attached hydrogen (secondary N) is 1. The molecular weight excluding hydrogens is 356 g/mol. The van der Waals surface area contributed by atoms with Crippen molar-refractivity contribution in [2.45, 2.75) is 6.92 Å². The first-order chi connectivity index (χ1) is 12.4. The number of aromatic nitrogens is 1. The predicted octanol–water partition coefficient (Wildman–Crippen LogP) is 3.99. The number of rotatable bonds is 3. The van der Waals surface area contributed by atoms with Gasteiger partial charge in [0.15, 0.2) is 0 Å². The van der Waals surface area contributed by atoms with Gasteiger partial charge in [0.25, 0.3) is 5.91 Å². The Hall–Kier alpha value is -3.12. The van der Waals surface area contributed by atoms with Gasteiger partial charge in [-0.25, -0.2) is 4.79 Å². The molecule has 0 aliphatic rings. The molecule has 1 N–H and O–H groups in total. The van der Waals surface area contributed by atoms with Gasteiger partial charge in [0.1, 0.15) is 0 Å². The van der Waals surface area contributed by atoms with E-state index >= 15 is 0 Å². The Balaban J connectivity index is 2.00. The zero-order valence-corrected chi connectivity index (χ0v) is 14.8. The number of esters is 1. The monoisotopic (exact) mass is 370 g/mol. The van der Waals surface area contributed by atoms with E-state index in [9.17, 15) is 14.4 Å². The molecule has 3 rings (SSSR count). The highest BCUT2D eigenvalue weighted by Gasteiger charge is 2.18. The molecular formula is C19H15ClN2O4. The molecule has 0 spiro atoms. The zero-order valence-electron chi connectivity index (χ0n) is 14.1. The molecule has 0 atom stereocenters. The number of carbonyl (C=O) groups excluding carboxylic acids is 3. The number of ether oxygens (including phenoxy) is 1. The number of halogens is 1. The van der Waals surface area contributed by atoms with Crippen LogP contribution in [0.5, 0.6) is 0 Å². The summed E-state index contributed by atoms with van der Waals surface area (Å²) >= 11 is 6.12. The maximum Gasteiger partial charge on any atom is 0.337 e. The quantitative estimate of drug-likeness (QED) is 0.707. The predicted molar refractivity (Wildman–Crippen MR) is 99.0 cm³/mol. The van der Waals surface area contributed by atoms with Gasteiger partial charge < -0.3 is 10.1 Å². The Kier molecular flexibility index (Phi) is 4.77. The standard InChI is InChI=1S/C19H15ClN2O4/c1-11(23)22-10-14(13-5-3-4-6-17(13)22)18(24)21-16-9-12(19(25)26-2)7-8-15(16)20/h3-10H,1-2H3,(H,21,24). The van der Waals surface area contributed by atoms with Gasteiger partial charge >= 0.3 is 5.97 Å². The lowest BCUT2D eigenvalue weighted by atomic mass is 10.1. The van der Waals surface area contributed by atoms with Crippen molar-refractivity contribution < 1.29 is 19.1 Å². The number of benzene rings is 2. The third-order valence-corrected chi connectivity index (χ3v) is 4.26. The maximum atomic E-state index is 12.8. The average Bonchev–Trinajstić information content (AvgIpc) is 3.03. The third-order valence-electron chi connectivity index (χ3n) is 3.93. The van der Waals surface area contributed by atoms with Crippen LogP contribution in [-0.2, 0) is 4.74 Å². The summed E-state index contributed by atoms with van der Waals surface area (Å²) in [5.74, 6) is -1.18. The number of fused-ring (bicyclic) bond motifs is 1. The molecule has 0 saturated heterocycles. The van der Waals surface area contributed by atoms with Gasteiger partial charge in [0, 0.05) is 18.5 Å². The van der Waals surface area contributed by atoms with Crippen LogP contribution in [0, 0.1) is 0 Å². The Morgan fingerprint density at radius 2 is 1.85 bits per heavy atom. The SMILES string of the molecule is COC(=O)c1ccc(Cl)c(NC(=O)c2cn(C(C)=O)c3ccccc23)c1. The van der Waals surface area contributed by atoms with E-state index < -0.39 is 11.9 Å². The van der Waals surface area contributed by atoms with Gasteiger partial charge in [0.05, 0.1) is 34.5 Å². The molecule has 2 aromatic carbocycles. The van der Waals surface area contributed by atoms with Crippen molar-refractivity contribution in [3.8, 4) is 0 Å². The number of nitrogens with zero attached hydrogens (tertiary/aromatic N) is 1. The molecule has 26 heavy (non-hydrogen) atoms. The largest absolute Gasteiger partial charge is 0.465 e. The van der Waals surface area contributed by atoms with Gasteiger partial charge in [-0.2, -0.15) is 0 Å². The van der Waals surface area contributed by atoms with Crippen LogP contribution >= 0.6 is 11.6 Å². The maximum absolute atomic E-state index is 12.8. The highest BCUT2D eigenvalue weighted by Crippen LogP contribution is 2.26. The van der Waals surface area contributed by atoms with E-state index in [0.29, 0.717) is 16.5 Å². The molecule has 0 radical (unpaired) electrons. The molecule has 6 nitrogen and oxygen atoms in total. The second-order valence-electron chi connectivity index (χ2n) is 5.59. The van der Waals surface area contributed by atoms with E-state index in [1.54, 1.807) is 24.3 Å². The highest BCUT2D eigenvalue weighted by molar-refractivity contribution is 6.34. The number of hydrogen-bond donors (Lipinski definition) is 1. The summed E-state index contributed by atoms with van der Waals surface area (Å²) in [6.07, 6.45) is 1.49.